The fourth-order valence-electron chi connectivity index (χ4n) is 1.41. The molecular formula is C14H20BrNO. The van der Waals surface area contributed by atoms with Gasteiger partial charge in [-0.1, -0.05) is 35.8 Å². The second-order valence-corrected chi connectivity index (χ2v) is 5.95. The number of halogens is 1. The molecule has 3 heteroatoms. The Labute approximate surface area is 112 Å². The maximum atomic E-state index is 11.9. The number of carbonyl (C=O) groups is 1. The van der Waals surface area contributed by atoms with Crippen molar-refractivity contribution in [3.63, 3.8) is 0 Å². The van der Waals surface area contributed by atoms with Gasteiger partial charge in [-0.05, 0) is 43.0 Å². The molecule has 0 radical (unpaired) electrons. The van der Waals surface area contributed by atoms with Gasteiger partial charge in [0.25, 0.3) is 5.91 Å². The Kier molecular flexibility index (Phi) is 5.19. The topological polar surface area (TPSA) is 29.1 Å². The van der Waals surface area contributed by atoms with E-state index >= 15 is 0 Å². The van der Waals surface area contributed by atoms with Crippen molar-refractivity contribution in [3.05, 3.63) is 34.9 Å². The zero-order valence-electron chi connectivity index (χ0n) is 10.9. The molecular weight excluding hydrogens is 278 g/mol. The van der Waals surface area contributed by atoms with Gasteiger partial charge in [0.2, 0.25) is 0 Å². The van der Waals surface area contributed by atoms with E-state index < -0.39 is 0 Å². The Morgan fingerprint density at radius 2 is 1.94 bits per heavy atom. The first kappa shape index (κ1) is 14.2. The molecule has 0 aliphatic rings. The van der Waals surface area contributed by atoms with Gasteiger partial charge in [0.1, 0.15) is 0 Å². The van der Waals surface area contributed by atoms with Gasteiger partial charge >= 0.3 is 0 Å². The average Bonchev–Trinajstić information content (AvgIpc) is 2.28. The number of amides is 1. The Morgan fingerprint density at radius 3 is 2.47 bits per heavy atom. The van der Waals surface area contributed by atoms with Crippen molar-refractivity contribution >= 4 is 21.8 Å². The molecule has 1 amide bonds. The first-order valence-electron chi connectivity index (χ1n) is 5.91. The van der Waals surface area contributed by atoms with Gasteiger partial charge < -0.3 is 5.32 Å². The van der Waals surface area contributed by atoms with Crippen LogP contribution in [0.1, 0.15) is 35.3 Å². The fraction of sp³-hybridized carbons (Fsp3) is 0.500. The summed E-state index contributed by atoms with van der Waals surface area (Å²) >= 11 is 3.55. The lowest BCUT2D eigenvalue weighted by molar-refractivity contribution is 0.0953. The molecule has 0 heterocycles. The highest BCUT2D eigenvalue weighted by atomic mass is 79.9. The van der Waals surface area contributed by atoms with Crippen LogP contribution in [0.15, 0.2) is 18.2 Å². The molecule has 0 saturated carbocycles. The van der Waals surface area contributed by atoms with E-state index in [1.165, 1.54) is 5.56 Å². The predicted octanol–water partition coefficient (Wildman–Crippen LogP) is 3.45. The van der Waals surface area contributed by atoms with Gasteiger partial charge in [-0.25, -0.2) is 0 Å². The van der Waals surface area contributed by atoms with Crippen LogP contribution in [-0.2, 0) is 0 Å². The van der Waals surface area contributed by atoms with Crippen molar-refractivity contribution in [1.82, 2.24) is 5.32 Å². The van der Waals surface area contributed by atoms with Crippen LogP contribution in [-0.4, -0.2) is 17.3 Å². The highest BCUT2D eigenvalue weighted by Crippen LogP contribution is 2.12. The van der Waals surface area contributed by atoms with E-state index in [-0.39, 0.29) is 5.91 Å². The summed E-state index contributed by atoms with van der Waals surface area (Å²) in [5.74, 6) is 0.508. The molecule has 2 nitrogen and oxygen atoms in total. The van der Waals surface area contributed by atoms with Crippen LogP contribution in [0.4, 0.5) is 0 Å². The number of hydrogen-bond donors (Lipinski definition) is 1. The van der Waals surface area contributed by atoms with Gasteiger partial charge in [-0.15, -0.1) is 0 Å². The molecule has 0 aliphatic carbocycles. The van der Waals surface area contributed by atoms with Crippen molar-refractivity contribution < 1.29 is 4.79 Å². The third-order valence-corrected chi connectivity index (χ3v) is 4.33. The van der Waals surface area contributed by atoms with E-state index in [4.69, 9.17) is 0 Å². The van der Waals surface area contributed by atoms with E-state index in [9.17, 15) is 4.79 Å². The van der Waals surface area contributed by atoms with Crippen molar-refractivity contribution in [1.29, 1.82) is 0 Å². The standard InChI is InChI=1S/C14H20BrNO/c1-9(2)13(15)8-16-14(17)12-6-5-10(3)11(4)7-12/h5-7,9,13H,8H2,1-4H3,(H,16,17). The van der Waals surface area contributed by atoms with Crippen LogP contribution >= 0.6 is 15.9 Å². The van der Waals surface area contributed by atoms with Gasteiger partial charge in [-0.2, -0.15) is 0 Å². The van der Waals surface area contributed by atoms with Crippen LogP contribution in [0.25, 0.3) is 0 Å². The summed E-state index contributed by atoms with van der Waals surface area (Å²) in [7, 11) is 0. The molecule has 0 fully saturated rings. The minimum atomic E-state index is -0.00167. The maximum Gasteiger partial charge on any atom is 0.251 e. The Hall–Kier alpha value is -0.830. The number of rotatable bonds is 4. The third kappa shape index (κ3) is 4.15. The Morgan fingerprint density at radius 1 is 1.29 bits per heavy atom. The number of aryl methyl sites for hydroxylation is 2. The van der Waals surface area contributed by atoms with Crippen molar-refractivity contribution in [3.8, 4) is 0 Å². The van der Waals surface area contributed by atoms with Gasteiger partial charge in [0.05, 0.1) is 0 Å². The largest absolute Gasteiger partial charge is 0.351 e. The second kappa shape index (κ2) is 6.20. The highest BCUT2D eigenvalue weighted by Gasteiger charge is 2.12. The zero-order valence-corrected chi connectivity index (χ0v) is 12.5. The SMILES string of the molecule is Cc1ccc(C(=O)NCC(Br)C(C)C)cc1C. The predicted molar refractivity (Wildman–Crippen MR) is 75.8 cm³/mol. The van der Waals surface area contributed by atoms with Crippen LogP contribution in [0.3, 0.4) is 0 Å². The number of alkyl halides is 1. The van der Waals surface area contributed by atoms with E-state index in [1.807, 2.05) is 32.0 Å². The number of hydrogen-bond acceptors (Lipinski definition) is 1. The second-order valence-electron chi connectivity index (χ2n) is 4.77. The van der Waals surface area contributed by atoms with E-state index in [0.717, 1.165) is 11.1 Å². The van der Waals surface area contributed by atoms with Crippen molar-refractivity contribution in [2.45, 2.75) is 32.5 Å². The monoisotopic (exact) mass is 297 g/mol. The molecule has 1 N–H and O–H groups in total. The fourth-order valence-corrected chi connectivity index (χ4v) is 1.57. The van der Waals surface area contributed by atoms with Gasteiger partial charge in [0, 0.05) is 16.9 Å². The molecule has 1 rings (SSSR count). The number of nitrogens with one attached hydrogen (secondary N) is 1. The summed E-state index contributed by atoms with van der Waals surface area (Å²) in [6.07, 6.45) is 0. The Balaban J connectivity index is 2.61. The average molecular weight is 298 g/mol. The van der Waals surface area contributed by atoms with Crippen LogP contribution in [0, 0.1) is 19.8 Å². The summed E-state index contributed by atoms with van der Waals surface area (Å²) in [6, 6.07) is 5.79. The maximum absolute atomic E-state index is 11.9. The molecule has 0 aromatic heterocycles. The normalized spacial score (nSPS) is 12.6. The van der Waals surface area contributed by atoms with Crippen LogP contribution in [0.2, 0.25) is 0 Å². The highest BCUT2D eigenvalue weighted by molar-refractivity contribution is 9.09. The molecule has 1 aromatic carbocycles. The van der Waals surface area contributed by atoms with E-state index in [0.29, 0.717) is 17.3 Å². The molecule has 1 aromatic rings. The molecule has 1 atom stereocenters. The van der Waals surface area contributed by atoms with E-state index in [1.54, 1.807) is 0 Å². The molecule has 0 aliphatic heterocycles. The number of carbonyl (C=O) groups excluding carboxylic acids is 1. The lowest BCUT2D eigenvalue weighted by Crippen LogP contribution is -2.31. The molecule has 0 saturated heterocycles. The molecule has 1 unspecified atom stereocenters. The number of benzene rings is 1. The van der Waals surface area contributed by atoms with Gasteiger partial charge in [-0.3, -0.25) is 4.79 Å². The molecule has 17 heavy (non-hydrogen) atoms. The van der Waals surface area contributed by atoms with Crippen LogP contribution in [0.5, 0.6) is 0 Å². The molecule has 0 bridgehead atoms. The van der Waals surface area contributed by atoms with Crippen molar-refractivity contribution in [2.75, 3.05) is 6.54 Å². The van der Waals surface area contributed by atoms with Crippen LogP contribution < -0.4 is 5.32 Å². The lowest BCUT2D eigenvalue weighted by atomic mass is 10.1. The molecule has 94 valence electrons. The lowest BCUT2D eigenvalue weighted by Gasteiger charge is -2.14. The Bertz CT molecular complexity index is 401. The summed E-state index contributed by atoms with van der Waals surface area (Å²) in [6.45, 7) is 8.98. The van der Waals surface area contributed by atoms with Gasteiger partial charge in [0.15, 0.2) is 0 Å². The van der Waals surface area contributed by atoms with Crippen molar-refractivity contribution in [2.24, 2.45) is 5.92 Å². The minimum absolute atomic E-state index is 0.00167. The first-order chi connectivity index (χ1) is 7.91. The van der Waals surface area contributed by atoms with E-state index in [2.05, 4.69) is 35.1 Å². The smallest absolute Gasteiger partial charge is 0.251 e. The zero-order chi connectivity index (χ0) is 13.0. The minimum Gasteiger partial charge on any atom is -0.351 e. The third-order valence-electron chi connectivity index (χ3n) is 2.95. The summed E-state index contributed by atoms with van der Waals surface area (Å²) in [5.41, 5.74) is 3.09. The summed E-state index contributed by atoms with van der Waals surface area (Å²) in [4.78, 5) is 12.2. The first-order valence-corrected chi connectivity index (χ1v) is 6.83. The summed E-state index contributed by atoms with van der Waals surface area (Å²) < 4.78 is 0. The summed E-state index contributed by atoms with van der Waals surface area (Å²) in [5, 5.41) is 2.94. The molecule has 0 spiro atoms. The quantitative estimate of drug-likeness (QED) is 0.848.